The molecule has 1 aliphatic heterocycles. The third-order valence-corrected chi connectivity index (χ3v) is 3.44. The molecule has 1 aliphatic rings. The van der Waals surface area contributed by atoms with Crippen molar-refractivity contribution in [2.45, 2.75) is 12.8 Å². The Morgan fingerprint density at radius 2 is 2.33 bits per heavy atom. The van der Waals surface area contributed by atoms with Crippen LogP contribution in [0.1, 0.15) is 18.4 Å². The van der Waals surface area contributed by atoms with Crippen molar-refractivity contribution in [1.82, 2.24) is 0 Å². The van der Waals surface area contributed by atoms with Crippen molar-refractivity contribution in [2.75, 3.05) is 6.61 Å². The maximum atomic E-state index is 11.0. The Morgan fingerprint density at radius 3 is 3.00 bits per heavy atom. The Morgan fingerprint density at radius 1 is 1.60 bits per heavy atom. The van der Waals surface area contributed by atoms with Gasteiger partial charge in [-0.2, -0.15) is 0 Å². The second-order valence-corrected chi connectivity index (χ2v) is 4.56. The van der Waals surface area contributed by atoms with Gasteiger partial charge in [0.1, 0.15) is 12.4 Å². The molecule has 80 valence electrons. The van der Waals surface area contributed by atoms with E-state index in [0.717, 1.165) is 15.8 Å². The number of hydrogen-bond donors (Lipinski definition) is 1. The predicted molar refractivity (Wildman–Crippen MR) is 59.2 cm³/mol. The summed E-state index contributed by atoms with van der Waals surface area (Å²) in [5, 5.41) is 9.01. The second kappa shape index (κ2) is 3.85. The number of fused-ring (bicyclic) bond motifs is 1. The molecule has 3 nitrogen and oxygen atoms in total. The topological polar surface area (TPSA) is 46.5 Å². The van der Waals surface area contributed by atoms with Crippen molar-refractivity contribution in [3.63, 3.8) is 0 Å². The summed E-state index contributed by atoms with van der Waals surface area (Å²) in [4.78, 5) is 11.0. The second-order valence-electron chi connectivity index (χ2n) is 3.70. The van der Waals surface area contributed by atoms with Crippen molar-refractivity contribution in [1.29, 1.82) is 0 Å². The summed E-state index contributed by atoms with van der Waals surface area (Å²) >= 11 is 3.39. The molecule has 0 saturated heterocycles. The maximum Gasteiger partial charge on any atom is 0.310 e. The van der Waals surface area contributed by atoms with Crippen LogP contribution in [0.3, 0.4) is 0 Å². The number of halogens is 1. The van der Waals surface area contributed by atoms with Gasteiger partial charge in [0, 0.05) is 5.92 Å². The minimum atomic E-state index is -0.798. The normalized spacial score (nSPS) is 24.1. The lowest BCUT2D eigenvalue weighted by Gasteiger charge is -2.29. The van der Waals surface area contributed by atoms with Gasteiger partial charge in [-0.25, -0.2) is 0 Å². The average Bonchev–Trinajstić information content (AvgIpc) is 2.19. The zero-order chi connectivity index (χ0) is 11.0. The van der Waals surface area contributed by atoms with Crippen LogP contribution in [0.4, 0.5) is 0 Å². The van der Waals surface area contributed by atoms with Crippen LogP contribution in [0.5, 0.6) is 5.75 Å². The molecule has 2 unspecified atom stereocenters. The fraction of sp³-hybridized carbons (Fsp3) is 0.364. The van der Waals surface area contributed by atoms with Gasteiger partial charge in [-0.3, -0.25) is 4.79 Å². The number of hydrogen-bond acceptors (Lipinski definition) is 2. The van der Waals surface area contributed by atoms with Crippen LogP contribution >= 0.6 is 15.9 Å². The van der Waals surface area contributed by atoms with Gasteiger partial charge in [-0.05, 0) is 27.6 Å². The highest BCUT2D eigenvalue weighted by atomic mass is 79.9. The fourth-order valence-corrected chi connectivity index (χ4v) is 2.35. The van der Waals surface area contributed by atoms with Gasteiger partial charge >= 0.3 is 5.97 Å². The van der Waals surface area contributed by atoms with Crippen LogP contribution in [-0.2, 0) is 4.79 Å². The lowest BCUT2D eigenvalue weighted by Crippen LogP contribution is -2.30. The molecule has 0 saturated carbocycles. The standard InChI is InChI=1S/C11H11BrO3/c1-6-7-3-2-4-9(12)10(7)15-5-8(6)11(13)14/h2-4,6,8H,5H2,1H3,(H,13,14). The molecular formula is C11H11BrO3. The Kier molecular flexibility index (Phi) is 2.69. The third kappa shape index (κ3) is 1.74. The SMILES string of the molecule is CC1c2cccc(Br)c2OCC1C(=O)O. The summed E-state index contributed by atoms with van der Waals surface area (Å²) in [5.74, 6) is -0.480. The maximum absolute atomic E-state index is 11.0. The van der Waals surface area contributed by atoms with Gasteiger partial charge in [0.25, 0.3) is 0 Å². The molecule has 15 heavy (non-hydrogen) atoms. The highest BCUT2D eigenvalue weighted by Crippen LogP contribution is 2.40. The lowest BCUT2D eigenvalue weighted by molar-refractivity contribution is -0.144. The molecule has 2 atom stereocenters. The molecule has 0 aliphatic carbocycles. The minimum absolute atomic E-state index is 0.0104. The summed E-state index contributed by atoms with van der Waals surface area (Å²) in [5.41, 5.74) is 0.961. The smallest absolute Gasteiger partial charge is 0.310 e. The molecule has 0 amide bonds. The zero-order valence-corrected chi connectivity index (χ0v) is 9.82. The van der Waals surface area contributed by atoms with E-state index in [9.17, 15) is 4.79 Å². The first-order valence-corrected chi connectivity index (χ1v) is 5.54. The van der Waals surface area contributed by atoms with Crippen molar-refractivity contribution < 1.29 is 14.6 Å². The Hall–Kier alpha value is -1.03. The van der Waals surface area contributed by atoms with Crippen LogP contribution in [-0.4, -0.2) is 17.7 Å². The van der Waals surface area contributed by atoms with E-state index < -0.39 is 11.9 Å². The van der Waals surface area contributed by atoms with Gasteiger partial charge in [0.15, 0.2) is 0 Å². The number of para-hydroxylation sites is 1. The van der Waals surface area contributed by atoms with Crippen LogP contribution in [0.25, 0.3) is 0 Å². The van der Waals surface area contributed by atoms with Crippen molar-refractivity contribution >= 4 is 21.9 Å². The molecular weight excluding hydrogens is 260 g/mol. The molecule has 1 aromatic rings. The molecule has 0 bridgehead atoms. The van der Waals surface area contributed by atoms with Crippen molar-refractivity contribution in [2.24, 2.45) is 5.92 Å². The van der Waals surface area contributed by atoms with Gasteiger partial charge in [-0.15, -0.1) is 0 Å². The Labute approximate surface area is 96.2 Å². The van der Waals surface area contributed by atoms with Crippen molar-refractivity contribution in [3.05, 3.63) is 28.2 Å². The first-order valence-electron chi connectivity index (χ1n) is 4.75. The van der Waals surface area contributed by atoms with E-state index >= 15 is 0 Å². The van der Waals surface area contributed by atoms with Crippen molar-refractivity contribution in [3.8, 4) is 5.75 Å². The molecule has 0 aromatic heterocycles. The zero-order valence-electron chi connectivity index (χ0n) is 8.24. The summed E-state index contributed by atoms with van der Waals surface area (Å²) in [6.07, 6.45) is 0. The van der Waals surface area contributed by atoms with Crippen LogP contribution in [0.2, 0.25) is 0 Å². The molecule has 4 heteroatoms. The van der Waals surface area contributed by atoms with E-state index in [1.165, 1.54) is 0 Å². The average molecular weight is 271 g/mol. The Balaban J connectivity index is 2.42. The molecule has 1 aromatic carbocycles. The molecule has 0 spiro atoms. The van der Waals surface area contributed by atoms with E-state index in [-0.39, 0.29) is 12.5 Å². The van der Waals surface area contributed by atoms with E-state index in [4.69, 9.17) is 9.84 Å². The molecule has 1 heterocycles. The molecule has 0 fully saturated rings. The summed E-state index contributed by atoms with van der Waals surface area (Å²) in [6.45, 7) is 2.17. The Bertz CT molecular complexity index is 403. The highest BCUT2D eigenvalue weighted by Gasteiger charge is 2.33. The number of carbonyl (C=O) groups is 1. The largest absolute Gasteiger partial charge is 0.491 e. The first kappa shape index (κ1) is 10.5. The minimum Gasteiger partial charge on any atom is -0.491 e. The van der Waals surface area contributed by atoms with Gasteiger partial charge in [0.05, 0.1) is 10.4 Å². The summed E-state index contributed by atoms with van der Waals surface area (Å²) in [6, 6.07) is 5.71. The summed E-state index contributed by atoms with van der Waals surface area (Å²) in [7, 11) is 0. The lowest BCUT2D eigenvalue weighted by atomic mass is 9.86. The number of ether oxygens (including phenoxy) is 1. The van der Waals surface area contributed by atoms with Crippen LogP contribution in [0.15, 0.2) is 22.7 Å². The third-order valence-electron chi connectivity index (χ3n) is 2.82. The quantitative estimate of drug-likeness (QED) is 0.854. The van der Waals surface area contributed by atoms with Crippen LogP contribution in [0, 0.1) is 5.92 Å². The summed E-state index contributed by atoms with van der Waals surface area (Å²) < 4.78 is 6.36. The number of aliphatic carboxylic acids is 1. The number of rotatable bonds is 1. The first-order chi connectivity index (χ1) is 7.11. The van der Waals surface area contributed by atoms with Gasteiger partial charge in [-0.1, -0.05) is 19.1 Å². The molecule has 2 rings (SSSR count). The van der Waals surface area contributed by atoms with Gasteiger partial charge in [0.2, 0.25) is 0 Å². The van der Waals surface area contributed by atoms with E-state index in [0.29, 0.717) is 0 Å². The molecule has 0 radical (unpaired) electrons. The van der Waals surface area contributed by atoms with Gasteiger partial charge < -0.3 is 9.84 Å². The number of benzene rings is 1. The highest BCUT2D eigenvalue weighted by molar-refractivity contribution is 9.10. The van der Waals surface area contributed by atoms with E-state index in [1.807, 2.05) is 25.1 Å². The predicted octanol–water partition coefficient (Wildman–Crippen LogP) is 2.65. The fourth-order valence-electron chi connectivity index (χ4n) is 1.86. The number of carboxylic acids is 1. The monoisotopic (exact) mass is 270 g/mol. The molecule has 1 N–H and O–H groups in total. The van der Waals surface area contributed by atoms with E-state index in [2.05, 4.69) is 15.9 Å². The van der Waals surface area contributed by atoms with Crippen LogP contribution < -0.4 is 4.74 Å². The van der Waals surface area contributed by atoms with E-state index in [1.54, 1.807) is 0 Å². The number of carboxylic acid groups (broad SMARTS) is 1.